The van der Waals surface area contributed by atoms with Gasteiger partial charge in [-0.3, -0.25) is 9.59 Å². The van der Waals surface area contributed by atoms with Gasteiger partial charge in [0, 0.05) is 19.5 Å². The van der Waals surface area contributed by atoms with Crippen LogP contribution in [-0.2, 0) is 22.7 Å². The largest absolute Gasteiger partial charge is 0.355 e. The quantitative estimate of drug-likeness (QED) is 0.840. The zero-order valence-electron chi connectivity index (χ0n) is 12.7. The van der Waals surface area contributed by atoms with E-state index in [1.165, 1.54) is 6.33 Å². The van der Waals surface area contributed by atoms with Crippen LogP contribution in [0.3, 0.4) is 0 Å². The van der Waals surface area contributed by atoms with Gasteiger partial charge in [-0.15, -0.1) is 0 Å². The maximum atomic E-state index is 12.2. The molecule has 2 heterocycles. The van der Waals surface area contributed by atoms with Crippen LogP contribution in [0.4, 0.5) is 0 Å². The Balaban J connectivity index is 1.59. The molecule has 1 atom stereocenters. The fourth-order valence-electron chi connectivity index (χ4n) is 2.66. The molecule has 0 radical (unpaired) electrons. The van der Waals surface area contributed by atoms with Gasteiger partial charge in [0.05, 0.1) is 12.5 Å². The first-order chi connectivity index (χ1) is 11.2. The average molecular weight is 313 g/mol. The number of benzene rings is 1. The summed E-state index contributed by atoms with van der Waals surface area (Å²) in [4.78, 5) is 27.3. The number of hydrogen-bond acceptors (Lipinski definition) is 4. The van der Waals surface area contributed by atoms with Gasteiger partial charge in [-0.1, -0.05) is 24.3 Å². The van der Waals surface area contributed by atoms with E-state index in [4.69, 9.17) is 0 Å². The highest BCUT2D eigenvalue weighted by atomic mass is 16.2. The van der Waals surface area contributed by atoms with Gasteiger partial charge in [-0.05, 0) is 17.5 Å². The number of nitrogens with one attached hydrogen (secondary N) is 2. The molecule has 1 aromatic carbocycles. The van der Waals surface area contributed by atoms with Crippen LogP contribution in [0.15, 0.2) is 36.9 Å². The summed E-state index contributed by atoms with van der Waals surface area (Å²) >= 11 is 0. The van der Waals surface area contributed by atoms with E-state index in [1.807, 2.05) is 24.3 Å². The second kappa shape index (κ2) is 7.04. The molecule has 0 bridgehead atoms. The third-order valence-electron chi connectivity index (χ3n) is 4.01. The SMILES string of the molecule is O=C1CCC(C(=O)NCc2ccccc2Cn2cncn2)CN1. The van der Waals surface area contributed by atoms with Crippen molar-refractivity contribution in [2.24, 2.45) is 5.92 Å². The molecule has 1 aliphatic heterocycles. The molecular formula is C16H19N5O2. The summed E-state index contributed by atoms with van der Waals surface area (Å²) in [5, 5.41) is 9.81. The summed E-state index contributed by atoms with van der Waals surface area (Å²) in [6.45, 7) is 1.50. The van der Waals surface area contributed by atoms with Crippen LogP contribution in [0.25, 0.3) is 0 Å². The van der Waals surface area contributed by atoms with Crippen LogP contribution in [-0.4, -0.2) is 33.1 Å². The van der Waals surface area contributed by atoms with Crippen molar-refractivity contribution in [3.8, 4) is 0 Å². The number of hydrogen-bond donors (Lipinski definition) is 2. The summed E-state index contributed by atoms with van der Waals surface area (Å²) in [6.07, 6.45) is 4.20. The second-order valence-electron chi connectivity index (χ2n) is 5.62. The lowest BCUT2D eigenvalue weighted by molar-refractivity contribution is -0.129. The lowest BCUT2D eigenvalue weighted by atomic mass is 9.98. The van der Waals surface area contributed by atoms with Crippen molar-refractivity contribution in [3.05, 3.63) is 48.0 Å². The van der Waals surface area contributed by atoms with Gasteiger partial charge in [0.25, 0.3) is 0 Å². The molecule has 1 fully saturated rings. The number of piperidine rings is 1. The summed E-state index contributed by atoms with van der Waals surface area (Å²) in [6, 6.07) is 7.93. The lowest BCUT2D eigenvalue weighted by Crippen LogP contribution is -2.42. The smallest absolute Gasteiger partial charge is 0.225 e. The van der Waals surface area contributed by atoms with Gasteiger partial charge in [-0.25, -0.2) is 9.67 Å². The van der Waals surface area contributed by atoms with Crippen LogP contribution in [0.2, 0.25) is 0 Å². The summed E-state index contributed by atoms with van der Waals surface area (Å²) in [7, 11) is 0. The maximum Gasteiger partial charge on any atom is 0.225 e. The van der Waals surface area contributed by atoms with Gasteiger partial charge >= 0.3 is 0 Å². The minimum Gasteiger partial charge on any atom is -0.355 e. The molecule has 1 unspecified atom stereocenters. The summed E-state index contributed by atoms with van der Waals surface area (Å²) in [5.41, 5.74) is 2.14. The Kier molecular flexibility index (Phi) is 4.65. The summed E-state index contributed by atoms with van der Waals surface area (Å²) in [5.74, 6) is -0.136. The molecule has 1 aliphatic rings. The third-order valence-corrected chi connectivity index (χ3v) is 4.01. The Morgan fingerprint density at radius 2 is 2.17 bits per heavy atom. The van der Waals surface area contributed by atoms with Crippen molar-refractivity contribution in [1.82, 2.24) is 25.4 Å². The zero-order valence-corrected chi connectivity index (χ0v) is 12.7. The van der Waals surface area contributed by atoms with E-state index in [0.717, 1.165) is 11.1 Å². The van der Waals surface area contributed by atoms with Crippen molar-refractivity contribution >= 4 is 11.8 Å². The molecule has 1 saturated heterocycles. The molecule has 2 amide bonds. The van der Waals surface area contributed by atoms with E-state index in [9.17, 15) is 9.59 Å². The van der Waals surface area contributed by atoms with Crippen LogP contribution >= 0.6 is 0 Å². The van der Waals surface area contributed by atoms with Crippen molar-refractivity contribution in [2.45, 2.75) is 25.9 Å². The highest BCUT2D eigenvalue weighted by molar-refractivity contribution is 5.83. The standard InChI is InChI=1S/C16H19N5O2/c22-15-6-5-13(8-18-15)16(23)19-7-12-3-1-2-4-14(12)9-21-11-17-10-20-21/h1-4,10-11,13H,5-9H2,(H,18,22)(H,19,23). The number of aromatic nitrogens is 3. The molecule has 0 aliphatic carbocycles. The first kappa shape index (κ1) is 15.2. The first-order valence-electron chi connectivity index (χ1n) is 7.66. The number of carbonyl (C=O) groups is 2. The van der Waals surface area contributed by atoms with E-state index in [-0.39, 0.29) is 17.7 Å². The normalized spacial score (nSPS) is 17.6. The molecule has 1 aromatic heterocycles. The monoisotopic (exact) mass is 313 g/mol. The number of carbonyl (C=O) groups excluding carboxylic acids is 2. The maximum absolute atomic E-state index is 12.2. The van der Waals surface area contributed by atoms with E-state index < -0.39 is 0 Å². The van der Waals surface area contributed by atoms with E-state index in [0.29, 0.717) is 32.5 Å². The molecule has 2 N–H and O–H groups in total. The molecule has 23 heavy (non-hydrogen) atoms. The van der Waals surface area contributed by atoms with Crippen molar-refractivity contribution in [1.29, 1.82) is 0 Å². The van der Waals surface area contributed by atoms with Crippen molar-refractivity contribution in [3.63, 3.8) is 0 Å². The molecule has 0 spiro atoms. The van der Waals surface area contributed by atoms with Gasteiger partial charge in [0.2, 0.25) is 11.8 Å². The van der Waals surface area contributed by atoms with Crippen LogP contribution in [0.1, 0.15) is 24.0 Å². The molecular weight excluding hydrogens is 294 g/mol. The minimum absolute atomic E-state index is 0.0134. The highest BCUT2D eigenvalue weighted by Crippen LogP contribution is 2.13. The first-order valence-corrected chi connectivity index (χ1v) is 7.66. The topological polar surface area (TPSA) is 88.9 Å². The highest BCUT2D eigenvalue weighted by Gasteiger charge is 2.24. The fraction of sp³-hybridized carbons (Fsp3) is 0.375. The number of amides is 2. The van der Waals surface area contributed by atoms with Gasteiger partial charge in [0.1, 0.15) is 12.7 Å². The van der Waals surface area contributed by atoms with Crippen LogP contribution < -0.4 is 10.6 Å². The summed E-state index contributed by atoms with van der Waals surface area (Å²) < 4.78 is 1.75. The Labute approximate surface area is 134 Å². The van der Waals surface area contributed by atoms with Crippen LogP contribution in [0, 0.1) is 5.92 Å². The Bertz CT molecular complexity index is 674. The Morgan fingerprint density at radius 1 is 1.35 bits per heavy atom. The van der Waals surface area contributed by atoms with Crippen LogP contribution in [0.5, 0.6) is 0 Å². The van der Waals surface area contributed by atoms with E-state index in [2.05, 4.69) is 20.7 Å². The number of nitrogens with zero attached hydrogens (tertiary/aromatic N) is 3. The molecule has 7 nitrogen and oxygen atoms in total. The average Bonchev–Trinajstić information content (AvgIpc) is 3.07. The van der Waals surface area contributed by atoms with E-state index >= 15 is 0 Å². The van der Waals surface area contributed by atoms with Gasteiger partial charge in [-0.2, -0.15) is 5.10 Å². The lowest BCUT2D eigenvalue weighted by Gasteiger charge is -2.22. The van der Waals surface area contributed by atoms with Crippen molar-refractivity contribution in [2.75, 3.05) is 6.54 Å². The Hall–Kier alpha value is -2.70. The van der Waals surface area contributed by atoms with Gasteiger partial charge < -0.3 is 10.6 Å². The molecule has 120 valence electrons. The molecule has 7 heteroatoms. The molecule has 3 rings (SSSR count). The second-order valence-corrected chi connectivity index (χ2v) is 5.62. The Morgan fingerprint density at radius 3 is 2.87 bits per heavy atom. The fourth-order valence-corrected chi connectivity index (χ4v) is 2.66. The van der Waals surface area contributed by atoms with Crippen molar-refractivity contribution < 1.29 is 9.59 Å². The predicted octanol–water partition coefficient (Wildman–Crippen LogP) is 0.469. The zero-order chi connectivity index (χ0) is 16.1. The minimum atomic E-state index is -0.143. The third kappa shape index (κ3) is 3.94. The number of rotatable bonds is 5. The molecule has 2 aromatic rings. The van der Waals surface area contributed by atoms with Gasteiger partial charge in [0.15, 0.2) is 0 Å². The molecule has 0 saturated carbocycles. The predicted molar refractivity (Wildman–Crippen MR) is 83.1 cm³/mol. The van der Waals surface area contributed by atoms with E-state index in [1.54, 1.807) is 11.0 Å².